The molecule has 6 nitrogen and oxygen atoms in total. The minimum Gasteiger partial charge on any atom is -0.491 e. The molecule has 0 fully saturated rings. The van der Waals surface area contributed by atoms with Crippen LogP contribution in [0.15, 0.2) is 42.5 Å². The van der Waals surface area contributed by atoms with E-state index in [0.717, 1.165) is 17.0 Å². The van der Waals surface area contributed by atoms with Crippen molar-refractivity contribution < 1.29 is 14.3 Å². The highest BCUT2D eigenvalue weighted by Crippen LogP contribution is 2.24. The molecule has 0 heterocycles. The van der Waals surface area contributed by atoms with Crippen LogP contribution < -0.4 is 20.7 Å². The molecule has 0 radical (unpaired) electrons. The molecular formula is C22H29N3O3. The lowest BCUT2D eigenvalue weighted by atomic mass is 10.1. The summed E-state index contributed by atoms with van der Waals surface area (Å²) in [4.78, 5) is 24.0. The molecule has 0 bridgehead atoms. The summed E-state index contributed by atoms with van der Waals surface area (Å²) < 4.78 is 5.79. The SMILES string of the molecule is CCC(=O)Nc1cc(NC(=O)CNc2ccccc2OCC(C)C)ccc1C. The highest BCUT2D eigenvalue weighted by atomic mass is 16.5. The second-order valence-electron chi connectivity index (χ2n) is 7.03. The lowest BCUT2D eigenvalue weighted by molar-refractivity contribution is -0.116. The first kappa shape index (κ1) is 21.3. The van der Waals surface area contributed by atoms with Crippen molar-refractivity contribution in [3.05, 3.63) is 48.0 Å². The van der Waals surface area contributed by atoms with E-state index in [0.29, 0.717) is 30.3 Å². The van der Waals surface area contributed by atoms with E-state index in [4.69, 9.17) is 4.74 Å². The van der Waals surface area contributed by atoms with Gasteiger partial charge in [0.05, 0.1) is 18.8 Å². The van der Waals surface area contributed by atoms with Crippen molar-refractivity contribution in [3.63, 3.8) is 0 Å². The maximum Gasteiger partial charge on any atom is 0.243 e. The topological polar surface area (TPSA) is 79.5 Å². The minimum absolute atomic E-state index is 0.0637. The number of ether oxygens (including phenoxy) is 1. The number of nitrogens with one attached hydrogen (secondary N) is 3. The van der Waals surface area contributed by atoms with Gasteiger partial charge in [0.25, 0.3) is 0 Å². The minimum atomic E-state index is -0.185. The highest BCUT2D eigenvalue weighted by Gasteiger charge is 2.09. The standard InChI is InChI=1S/C22H29N3O3/c1-5-21(26)25-19-12-17(11-10-16(19)4)24-22(27)13-23-18-8-6-7-9-20(18)28-14-15(2)3/h6-12,15,23H,5,13-14H2,1-4H3,(H,24,27)(H,25,26). The van der Waals surface area contributed by atoms with Crippen LogP contribution in [0.4, 0.5) is 17.1 Å². The largest absolute Gasteiger partial charge is 0.491 e. The van der Waals surface area contributed by atoms with E-state index in [1.165, 1.54) is 0 Å². The number of hydrogen-bond acceptors (Lipinski definition) is 4. The lowest BCUT2D eigenvalue weighted by Crippen LogP contribution is -2.22. The van der Waals surface area contributed by atoms with Crippen LogP contribution in [0.3, 0.4) is 0 Å². The van der Waals surface area contributed by atoms with Crippen LogP contribution in [0.25, 0.3) is 0 Å². The zero-order chi connectivity index (χ0) is 20.5. The fourth-order valence-corrected chi connectivity index (χ4v) is 2.45. The Bertz CT molecular complexity index is 818. The van der Waals surface area contributed by atoms with Gasteiger partial charge in [-0.2, -0.15) is 0 Å². The number of amides is 2. The zero-order valence-corrected chi connectivity index (χ0v) is 17.0. The van der Waals surface area contributed by atoms with Gasteiger partial charge in [0.15, 0.2) is 0 Å². The zero-order valence-electron chi connectivity index (χ0n) is 17.0. The molecule has 3 N–H and O–H groups in total. The number of aryl methyl sites for hydroxylation is 1. The summed E-state index contributed by atoms with van der Waals surface area (Å²) in [5, 5.41) is 8.80. The van der Waals surface area contributed by atoms with Crippen molar-refractivity contribution in [2.45, 2.75) is 34.1 Å². The maximum absolute atomic E-state index is 12.3. The number of anilines is 3. The van der Waals surface area contributed by atoms with Gasteiger partial charge in [0.2, 0.25) is 11.8 Å². The fraction of sp³-hybridized carbons (Fsp3) is 0.364. The normalized spacial score (nSPS) is 10.5. The number of carbonyl (C=O) groups is 2. The Balaban J connectivity index is 1.96. The highest BCUT2D eigenvalue weighted by molar-refractivity contribution is 5.96. The van der Waals surface area contributed by atoms with Crippen LogP contribution in [0, 0.1) is 12.8 Å². The molecule has 28 heavy (non-hydrogen) atoms. The number of carbonyl (C=O) groups excluding carboxylic acids is 2. The van der Waals surface area contributed by atoms with Gasteiger partial charge in [-0.3, -0.25) is 9.59 Å². The molecule has 0 aliphatic heterocycles. The molecule has 0 aromatic heterocycles. The molecule has 6 heteroatoms. The van der Waals surface area contributed by atoms with Gasteiger partial charge in [-0.1, -0.05) is 39.0 Å². The molecule has 2 aromatic rings. The third-order valence-electron chi connectivity index (χ3n) is 4.02. The van der Waals surface area contributed by atoms with Gasteiger partial charge >= 0.3 is 0 Å². The predicted octanol–water partition coefficient (Wildman–Crippen LogP) is 4.43. The second kappa shape index (κ2) is 10.3. The van der Waals surface area contributed by atoms with E-state index < -0.39 is 0 Å². The summed E-state index contributed by atoms with van der Waals surface area (Å²) in [7, 11) is 0. The third-order valence-corrected chi connectivity index (χ3v) is 4.02. The van der Waals surface area contributed by atoms with Crippen LogP contribution in [-0.2, 0) is 9.59 Å². The molecular weight excluding hydrogens is 354 g/mol. The maximum atomic E-state index is 12.3. The molecule has 0 aliphatic carbocycles. The first-order chi connectivity index (χ1) is 13.4. The van der Waals surface area contributed by atoms with Gasteiger partial charge in [0, 0.05) is 17.8 Å². The van der Waals surface area contributed by atoms with E-state index in [1.807, 2.05) is 43.3 Å². The van der Waals surface area contributed by atoms with Crippen LogP contribution >= 0.6 is 0 Å². The smallest absolute Gasteiger partial charge is 0.243 e. The summed E-state index contributed by atoms with van der Waals surface area (Å²) in [6, 6.07) is 13.0. The summed E-state index contributed by atoms with van der Waals surface area (Å²) >= 11 is 0. The molecule has 2 rings (SSSR count). The predicted molar refractivity (Wildman–Crippen MR) is 114 cm³/mol. The number of para-hydroxylation sites is 2. The molecule has 150 valence electrons. The van der Waals surface area contributed by atoms with Crippen LogP contribution in [0.1, 0.15) is 32.8 Å². The molecule has 0 saturated heterocycles. The van der Waals surface area contributed by atoms with Crippen molar-refractivity contribution >= 4 is 28.9 Å². The lowest BCUT2D eigenvalue weighted by Gasteiger charge is -2.15. The summed E-state index contributed by atoms with van der Waals surface area (Å²) in [5.74, 6) is 0.894. The number of rotatable bonds is 9. The van der Waals surface area contributed by atoms with Crippen molar-refractivity contribution in [2.75, 3.05) is 29.1 Å². The molecule has 0 atom stereocenters. The quantitative estimate of drug-likeness (QED) is 0.598. The average molecular weight is 383 g/mol. The Kier molecular flexibility index (Phi) is 7.87. The second-order valence-corrected chi connectivity index (χ2v) is 7.03. The van der Waals surface area contributed by atoms with Crippen LogP contribution in [0.2, 0.25) is 0 Å². The molecule has 0 unspecified atom stereocenters. The van der Waals surface area contributed by atoms with Gasteiger partial charge < -0.3 is 20.7 Å². The summed E-state index contributed by atoms with van der Waals surface area (Å²) in [6.07, 6.45) is 0.401. The van der Waals surface area contributed by atoms with E-state index in [2.05, 4.69) is 29.8 Å². The van der Waals surface area contributed by atoms with E-state index in [1.54, 1.807) is 13.0 Å². The first-order valence-electron chi connectivity index (χ1n) is 9.55. The summed E-state index contributed by atoms with van der Waals surface area (Å²) in [5.41, 5.74) is 3.05. The van der Waals surface area contributed by atoms with E-state index in [-0.39, 0.29) is 18.4 Å². The molecule has 2 aromatic carbocycles. The van der Waals surface area contributed by atoms with E-state index in [9.17, 15) is 9.59 Å². The monoisotopic (exact) mass is 383 g/mol. The average Bonchev–Trinajstić information content (AvgIpc) is 2.67. The van der Waals surface area contributed by atoms with Crippen LogP contribution in [-0.4, -0.2) is 25.0 Å². The number of benzene rings is 2. The van der Waals surface area contributed by atoms with Crippen molar-refractivity contribution in [2.24, 2.45) is 5.92 Å². The molecule has 0 spiro atoms. The van der Waals surface area contributed by atoms with Gasteiger partial charge in [-0.05, 0) is 42.7 Å². The van der Waals surface area contributed by atoms with Gasteiger partial charge in [-0.25, -0.2) is 0 Å². The Labute approximate surface area is 166 Å². The van der Waals surface area contributed by atoms with Gasteiger partial charge in [0.1, 0.15) is 5.75 Å². The van der Waals surface area contributed by atoms with Gasteiger partial charge in [-0.15, -0.1) is 0 Å². The molecule has 0 saturated carbocycles. The van der Waals surface area contributed by atoms with Crippen molar-refractivity contribution in [1.29, 1.82) is 0 Å². The molecule has 0 aliphatic rings. The fourth-order valence-electron chi connectivity index (χ4n) is 2.45. The Morgan fingerprint density at radius 2 is 1.75 bits per heavy atom. The summed E-state index contributed by atoms with van der Waals surface area (Å²) in [6.45, 7) is 8.59. The Morgan fingerprint density at radius 1 is 1.00 bits per heavy atom. The van der Waals surface area contributed by atoms with Crippen molar-refractivity contribution in [3.8, 4) is 5.75 Å². The van der Waals surface area contributed by atoms with Crippen molar-refractivity contribution in [1.82, 2.24) is 0 Å². The van der Waals surface area contributed by atoms with Crippen LogP contribution in [0.5, 0.6) is 5.75 Å². The number of hydrogen-bond donors (Lipinski definition) is 3. The Morgan fingerprint density at radius 3 is 2.46 bits per heavy atom. The van der Waals surface area contributed by atoms with E-state index >= 15 is 0 Å². The first-order valence-corrected chi connectivity index (χ1v) is 9.55. The Hall–Kier alpha value is -3.02. The third kappa shape index (κ3) is 6.61. The molecule has 2 amide bonds.